The minimum absolute atomic E-state index is 0.283. The molecule has 5 heteroatoms. The highest BCUT2D eigenvalue weighted by Crippen LogP contribution is 2.17. The molecule has 5 nitrogen and oxygen atoms in total. The Kier molecular flexibility index (Phi) is 18.6. The number of nitrogens with zero attached hydrogens (tertiary/aromatic N) is 1. The second-order valence-electron chi connectivity index (χ2n) is 7.59. The zero-order chi connectivity index (χ0) is 20.2. The largest absolute Gasteiger partial charge is 0.386 e. The van der Waals surface area contributed by atoms with Gasteiger partial charge in [-0.05, 0) is 31.8 Å². The second kappa shape index (κ2) is 19.5. The molecule has 0 aromatic rings. The van der Waals surface area contributed by atoms with Crippen LogP contribution in [0.4, 0.5) is 0 Å². The number of rotatable bonds is 20. The lowest BCUT2D eigenvalue weighted by Gasteiger charge is -2.16. The smallest absolute Gasteiger partial charge is 0.238 e. The predicted molar refractivity (Wildman–Crippen MR) is 112 cm³/mol. The molecule has 0 fully saturated rings. The normalized spacial score (nSPS) is 13.7. The van der Waals surface area contributed by atoms with Crippen molar-refractivity contribution in [2.75, 3.05) is 0 Å². The SMILES string of the molecule is CCCCCCCCC(O)C(CCCCCCCCC/C=C/C=O)[N+](=O)[O-]. The molecule has 2 unspecified atom stereocenters. The minimum Gasteiger partial charge on any atom is -0.386 e. The average molecular weight is 384 g/mol. The maximum absolute atomic E-state index is 11.2. The fourth-order valence-corrected chi connectivity index (χ4v) is 3.42. The van der Waals surface area contributed by atoms with Crippen molar-refractivity contribution in [2.45, 2.75) is 122 Å². The molecular formula is C22H41NO4. The molecule has 0 aliphatic heterocycles. The van der Waals surface area contributed by atoms with Crippen molar-refractivity contribution in [1.29, 1.82) is 0 Å². The van der Waals surface area contributed by atoms with E-state index in [2.05, 4.69) is 6.92 Å². The van der Waals surface area contributed by atoms with Crippen LogP contribution in [0.5, 0.6) is 0 Å². The van der Waals surface area contributed by atoms with E-state index in [-0.39, 0.29) is 4.92 Å². The molecule has 158 valence electrons. The van der Waals surface area contributed by atoms with Crippen molar-refractivity contribution in [1.82, 2.24) is 0 Å². The number of carbonyl (C=O) groups is 1. The van der Waals surface area contributed by atoms with E-state index in [1.165, 1.54) is 25.7 Å². The summed E-state index contributed by atoms with van der Waals surface area (Å²) in [5.41, 5.74) is 0. The van der Waals surface area contributed by atoms with Gasteiger partial charge < -0.3 is 5.11 Å². The Balaban J connectivity index is 3.69. The van der Waals surface area contributed by atoms with Crippen LogP contribution in [0, 0.1) is 10.1 Å². The first kappa shape index (κ1) is 25.8. The highest BCUT2D eigenvalue weighted by Gasteiger charge is 2.28. The Morgan fingerprint density at radius 3 is 1.93 bits per heavy atom. The lowest BCUT2D eigenvalue weighted by atomic mass is 9.98. The summed E-state index contributed by atoms with van der Waals surface area (Å²) in [6, 6.07) is -0.801. The van der Waals surface area contributed by atoms with Gasteiger partial charge >= 0.3 is 0 Å². The van der Waals surface area contributed by atoms with E-state index in [4.69, 9.17) is 0 Å². The van der Waals surface area contributed by atoms with Gasteiger partial charge in [0.25, 0.3) is 0 Å². The van der Waals surface area contributed by atoms with Gasteiger partial charge in [0.05, 0.1) is 0 Å². The van der Waals surface area contributed by atoms with E-state index in [9.17, 15) is 20.0 Å². The van der Waals surface area contributed by atoms with Gasteiger partial charge in [-0.25, -0.2) is 0 Å². The van der Waals surface area contributed by atoms with Crippen molar-refractivity contribution in [3.05, 3.63) is 22.3 Å². The monoisotopic (exact) mass is 383 g/mol. The number of aldehydes is 1. The molecule has 2 atom stereocenters. The summed E-state index contributed by atoms with van der Waals surface area (Å²) in [6.45, 7) is 2.18. The molecule has 0 aromatic heterocycles. The molecular weight excluding hydrogens is 342 g/mol. The van der Waals surface area contributed by atoms with Gasteiger partial charge in [0.1, 0.15) is 12.4 Å². The topological polar surface area (TPSA) is 80.4 Å². The van der Waals surface area contributed by atoms with Crippen LogP contribution in [0.3, 0.4) is 0 Å². The number of nitro groups is 1. The number of allylic oxidation sites excluding steroid dienone is 2. The molecule has 0 saturated heterocycles. The summed E-state index contributed by atoms with van der Waals surface area (Å²) >= 11 is 0. The van der Waals surface area contributed by atoms with Gasteiger partial charge in [0.15, 0.2) is 0 Å². The molecule has 0 amide bonds. The summed E-state index contributed by atoms with van der Waals surface area (Å²) in [5.74, 6) is 0. The summed E-state index contributed by atoms with van der Waals surface area (Å²) in [6.07, 6.45) is 19.8. The Bertz CT molecular complexity index is 385. The Morgan fingerprint density at radius 2 is 1.37 bits per heavy atom. The van der Waals surface area contributed by atoms with Crippen LogP contribution < -0.4 is 0 Å². The fraction of sp³-hybridized carbons (Fsp3) is 0.864. The zero-order valence-corrected chi connectivity index (χ0v) is 17.3. The van der Waals surface area contributed by atoms with Gasteiger partial charge in [-0.2, -0.15) is 0 Å². The lowest BCUT2D eigenvalue weighted by molar-refractivity contribution is -0.535. The molecule has 0 aromatic carbocycles. The number of aliphatic hydroxyl groups excluding tert-OH is 1. The van der Waals surface area contributed by atoms with E-state index in [0.29, 0.717) is 12.8 Å². The predicted octanol–water partition coefficient (Wildman–Crippen LogP) is 6.01. The molecule has 0 spiro atoms. The van der Waals surface area contributed by atoms with Crippen LogP contribution in [0.25, 0.3) is 0 Å². The number of aliphatic hydroxyl groups is 1. The summed E-state index contributed by atoms with van der Waals surface area (Å²) < 4.78 is 0. The molecule has 0 heterocycles. The molecule has 0 saturated carbocycles. The standard InChI is InChI=1S/C22H41NO4/c1-2-3-4-5-13-16-19-22(25)21(23(26)27)18-15-12-10-8-6-7-9-11-14-17-20-24/h14,17,20-22,25H,2-13,15-16,18-19H2,1H3/b17-14+. The quantitative estimate of drug-likeness (QED) is 0.0917. The molecule has 1 N–H and O–H groups in total. The van der Waals surface area contributed by atoms with Crippen molar-refractivity contribution in [2.24, 2.45) is 0 Å². The number of unbranched alkanes of at least 4 members (excludes halogenated alkanes) is 12. The van der Waals surface area contributed by atoms with Gasteiger partial charge in [-0.3, -0.25) is 14.9 Å². The van der Waals surface area contributed by atoms with E-state index in [1.807, 2.05) is 6.08 Å². The molecule has 0 radical (unpaired) electrons. The van der Waals surface area contributed by atoms with Crippen LogP contribution >= 0.6 is 0 Å². The van der Waals surface area contributed by atoms with Crippen molar-refractivity contribution in [3.63, 3.8) is 0 Å². The van der Waals surface area contributed by atoms with E-state index < -0.39 is 12.1 Å². The molecule has 27 heavy (non-hydrogen) atoms. The second-order valence-corrected chi connectivity index (χ2v) is 7.59. The molecule has 0 aliphatic rings. The lowest BCUT2D eigenvalue weighted by Crippen LogP contribution is -2.33. The third-order valence-corrected chi connectivity index (χ3v) is 5.15. The third kappa shape index (κ3) is 16.7. The first-order chi connectivity index (χ1) is 13.1. The first-order valence-electron chi connectivity index (χ1n) is 11.0. The summed E-state index contributed by atoms with van der Waals surface area (Å²) in [7, 11) is 0. The van der Waals surface area contributed by atoms with Gasteiger partial charge in [-0.15, -0.1) is 0 Å². The summed E-state index contributed by atoms with van der Waals surface area (Å²) in [4.78, 5) is 21.1. The molecule has 0 rings (SSSR count). The highest BCUT2D eigenvalue weighted by molar-refractivity contribution is 5.64. The third-order valence-electron chi connectivity index (χ3n) is 5.15. The van der Waals surface area contributed by atoms with Gasteiger partial charge in [-0.1, -0.05) is 83.6 Å². The summed E-state index contributed by atoms with van der Waals surface area (Å²) in [5, 5.41) is 21.4. The van der Waals surface area contributed by atoms with E-state index in [0.717, 1.165) is 70.5 Å². The van der Waals surface area contributed by atoms with Crippen molar-refractivity contribution >= 4 is 6.29 Å². The van der Waals surface area contributed by atoms with E-state index >= 15 is 0 Å². The minimum atomic E-state index is -0.801. The molecule has 0 bridgehead atoms. The number of carbonyl (C=O) groups excluding carboxylic acids is 1. The number of hydrogen-bond acceptors (Lipinski definition) is 4. The Morgan fingerprint density at radius 1 is 0.852 bits per heavy atom. The zero-order valence-electron chi connectivity index (χ0n) is 17.3. The first-order valence-corrected chi connectivity index (χ1v) is 11.0. The maximum atomic E-state index is 11.2. The fourth-order valence-electron chi connectivity index (χ4n) is 3.42. The molecule has 0 aliphatic carbocycles. The van der Waals surface area contributed by atoms with Crippen LogP contribution in [0.15, 0.2) is 12.2 Å². The van der Waals surface area contributed by atoms with Crippen LogP contribution in [0.1, 0.15) is 110 Å². The number of hydrogen-bond donors (Lipinski definition) is 1. The average Bonchev–Trinajstić information content (AvgIpc) is 2.65. The van der Waals surface area contributed by atoms with Crippen molar-refractivity contribution in [3.8, 4) is 0 Å². The maximum Gasteiger partial charge on any atom is 0.238 e. The Labute approximate surface area is 165 Å². The van der Waals surface area contributed by atoms with Gasteiger partial charge in [0, 0.05) is 11.3 Å². The highest BCUT2D eigenvalue weighted by atomic mass is 16.6. The van der Waals surface area contributed by atoms with E-state index in [1.54, 1.807) is 6.08 Å². The van der Waals surface area contributed by atoms with Gasteiger partial charge in [0.2, 0.25) is 6.04 Å². The van der Waals surface area contributed by atoms with Crippen LogP contribution in [-0.2, 0) is 4.79 Å². The van der Waals surface area contributed by atoms with Crippen LogP contribution in [-0.4, -0.2) is 28.5 Å². The Hall–Kier alpha value is -1.23. The van der Waals surface area contributed by atoms with Crippen LogP contribution in [0.2, 0.25) is 0 Å². The van der Waals surface area contributed by atoms with Crippen molar-refractivity contribution < 1.29 is 14.8 Å².